The monoisotopic (exact) mass is 510 g/mol. The fourth-order valence-corrected chi connectivity index (χ4v) is 11.0. The summed E-state index contributed by atoms with van der Waals surface area (Å²) < 4.78 is 7.78. The Morgan fingerprint density at radius 1 is 0.667 bits per heavy atom. The van der Waals surface area contributed by atoms with Crippen LogP contribution in [0.25, 0.3) is 0 Å². The highest BCUT2D eigenvalue weighted by Gasteiger charge is 2.52. The highest BCUT2D eigenvalue weighted by atomic mass is 32.2. The van der Waals surface area contributed by atoms with Gasteiger partial charge in [0.1, 0.15) is 0 Å². The minimum absolute atomic E-state index is 0.0859. The van der Waals surface area contributed by atoms with Gasteiger partial charge in [0.15, 0.2) is 0 Å². The normalized spacial score (nSPS) is 13.8. The van der Waals surface area contributed by atoms with Crippen LogP contribution in [-0.2, 0) is 4.43 Å². The van der Waals surface area contributed by atoms with E-state index in [4.69, 9.17) is 4.43 Å². The Kier molecular flexibility index (Phi) is 8.56. The van der Waals surface area contributed by atoms with Crippen molar-refractivity contribution in [2.24, 2.45) is 0 Å². The van der Waals surface area contributed by atoms with E-state index in [1.54, 1.807) is 0 Å². The lowest BCUT2D eigenvalue weighted by Crippen LogP contribution is -2.67. The van der Waals surface area contributed by atoms with Crippen LogP contribution in [-0.4, -0.2) is 14.1 Å². The summed E-state index contributed by atoms with van der Waals surface area (Å²) in [7, 11) is -2.74. The van der Waals surface area contributed by atoms with Gasteiger partial charge in [-0.15, -0.1) is 0 Å². The molecular formula is C33H38OSSi. The summed E-state index contributed by atoms with van der Waals surface area (Å²) in [6.07, 6.45) is -0.0924. The average molecular weight is 511 g/mol. The van der Waals surface area contributed by atoms with Crippen molar-refractivity contribution in [2.75, 3.05) is 5.75 Å². The first kappa shape index (κ1) is 26.5. The minimum atomic E-state index is -2.74. The topological polar surface area (TPSA) is 9.23 Å². The fourth-order valence-electron chi connectivity index (χ4n) is 5.12. The van der Waals surface area contributed by atoms with Crippen LogP contribution in [0.1, 0.15) is 55.7 Å². The second kappa shape index (κ2) is 11.6. The first-order chi connectivity index (χ1) is 17.4. The highest BCUT2D eigenvalue weighted by Crippen LogP contribution is 2.47. The van der Waals surface area contributed by atoms with Gasteiger partial charge < -0.3 is 4.43 Å². The Morgan fingerprint density at radius 2 is 1.14 bits per heavy atom. The molecule has 4 aromatic rings. The summed E-state index contributed by atoms with van der Waals surface area (Å²) in [5.74, 6) is 1.02. The number of hydrogen-bond acceptors (Lipinski definition) is 2. The van der Waals surface area contributed by atoms with Crippen molar-refractivity contribution in [1.82, 2.24) is 0 Å². The van der Waals surface area contributed by atoms with Gasteiger partial charge in [-0.25, -0.2) is 0 Å². The molecule has 3 heteroatoms. The number of thioether (sulfide) groups is 1. The maximum Gasteiger partial charge on any atom is 0.261 e. The van der Waals surface area contributed by atoms with Crippen molar-refractivity contribution in [2.45, 2.75) is 51.0 Å². The maximum atomic E-state index is 7.78. The molecule has 0 saturated carbocycles. The molecule has 1 nitrogen and oxygen atoms in total. The third-order valence-corrected chi connectivity index (χ3v) is 13.1. The molecule has 4 aromatic carbocycles. The molecule has 0 aliphatic carbocycles. The van der Waals surface area contributed by atoms with Crippen molar-refractivity contribution < 1.29 is 4.43 Å². The van der Waals surface area contributed by atoms with Crippen LogP contribution in [0, 0.1) is 6.92 Å². The van der Waals surface area contributed by atoms with Crippen molar-refractivity contribution in [3.8, 4) is 0 Å². The standard InChI is InChI=1S/C33H38OSSi/c1-6-35-32(28-24-22-26(2)23-25-28)31(27-16-10-7-11-17-27)34-36(33(3,4)5,29-18-12-8-13-19-29)30-20-14-9-15-21-30/h7-25,31-32H,6H2,1-5H3/t31-,32-/m1/s1. The van der Waals surface area contributed by atoms with Gasteiger partial charge in [-0.2, -0.15) is 11.8 Å². The maximum absolute atomic E-state index is 7.78. The Balaban J connectivity index is 1.96. The molecule has 0 radical (unpaired) electrons. The van der Waals surface area contributed by atoms with Gasteiger partial charge in [0.2, 0.25) is 0 Å². The largest absolute Gasteiger partial charge is 0.399 e. The summed E-state index contributed by atoms with van der Waals surface area (Å²) in [6, 6.07) is 41.8. The summed E-state index contributed by atoms with van der Waals surface area (Å²) in [5.41, 5.74) is 3.83. The zero-order valence-corrected chi connectivity index (χ0v) is 24.0. The van der Waals surface area contributed by atoms with E-state index in [1.165, 1.54) is 27.1 Å². The molecule has 4 rings (SSSR count). The zero-order chi connectivity index (χ0) is 25.6. The quantitative estimate of drug-likeness (QED) is 0.210. The van der Waals surface area contributed by atoms with Crippen LogP contribution in [0.3, 0.4) is 0 Å². The average Bonchev–Trinajstić information content (AvgIpc) is 2.90. The summed E-state index contributed by atoms with van der Waals surface area (Å²) in [5, 5.41) is 2.72. The molecule has 0 heterocycles. The van der Waals surface area contributed by atoms with Crippen LogP contribution >= 0.6 is 11.8 Å². The molecule has 0 bridgehead atoms. The van der Waals surface area contributed by atoms with Gasteiger partial charge in [0.05, 0.1) is 11.4 Å². The first-order valence-electron chi connectivity index (χ1n) is 12.9. The SMILES string of the molecule is CCS[C@H](c1ccc(C)cc1)[C@H](O[Si](c1ccccc1)(c1ccccc1)C(C)(C)C)c1ccccc1. The van der Waals surface area contributed by atoms with Crippen LogP contribution in [0.15, 0.2) is 115 Å². The molecule has 2 atom stereocenters. The molecule has 0 unspecified atom stereocenters. The van der Waals surface area contributed by atoms with E-state index in [2.05, 4.69) is 150 Å². The molecule has 0 fully saturated rings. The van der Waals surface area contributed by atoms with Crippen LogP contribution in [0.5, 0.6) is 0 Å². The van der Waals surface area contributed by atoms with Crippen LogP contribution < -0.4 is 10.4 Å². The molecule has 0 aromatic heterocycles. The van der Waals surface area contributed by atoms with Gasteiger partial charge >= 0.3 is 0 Å². The lowest BCUT2D eigenvalue weighted by molar-refractivity contribution is 0.187. The summed E-state index contributed by atoms with van der Waals surface area (Å²) in [6.45, 7) is 11.5. The molecular weight excluding hydrogens is 473 g/mol. The van der Waals surface area contributed by atoms with Gasteiger partial charge in [-0.3, -0.25) is 0 Å². The lowest BCUT2D eigenvalue weighted by Gasteiger charge is -2.46. The summed E-state index contributed by atoms with van der Waals surface area (Å²) in [4.78, 5) is 0. The van der Waals surface area contributed by atoms with E-state index >= 15 is 0 Å². The van der Waals surface area contributed by atoms with E-state index in [1.807, 2.05) is 11.8 Å². The molecule has 0 spiro atoms. The smallest absolute Gasteiger partial charge is 0.261 e. The van der Waals surface area contributed by atoms with E-state index in [0.717, 1.165) is 5.75 Å². The van der Waals surface area contributed by atoms with Crippen LogP contribution in [0.2, 0.25) is 5.04 Å². The van der Waals surface area contributed by atoms with Gasteiger partial charge in [-0.05, 0) is 39.2 Å². The van der Waals surface area contributed by atoms with Gasteiger partial charge in [0.25, 0.3) is 8.32 Å². The van der Waals surface area contributed by atoms with Crippen molar-refractivity contribution >= 4 is 30.5 Å². The predicted octanol–water partition coefficient (Wildman–Crippen LogP) is 8.11. The molecule has 0 aliphatic heterocycles. The van der Waals surface area contributed by atoms with Crippen molar-refractivity contribution in [3.63, 3.8) is 0 Å². The van der Waals surface area contributed by atoms with Crippen molar-refractivity contribution in [3.05, 3.63) is 132 Å². The number of rotatable bonds is 9. The number of aryl methyl sites for hydroxylation is 1. The Morgan fingerprint density at radius 3 is 1.58 bits per heavy atom. The predicted molar refractivity (Wildman–Crippen MR) is 160 cm³/mol. The fraction of sp³-hybridized carbons (Fsp3) is 0.273. The molecule has 0 saturated heterocycles. The molecule has 0 amide bonds. The third-order valence-electron chi connectivity index (χ3n) is 6.88. The third kappa shape index (κ3) is 5.54. The Hall–Kier alpha value is -2.59. The Bertz CT molecular complexity index is 1160. The molecule has 36 heavy (non-hydrogen) atoms. The van der Waals surface area contributed by atoms with E-state index in [9.17, 15) is 0 Å². The van der Waals surface area contributed by atoms with Gasteiger partial charge in [-0.1, -0.05) is 149 Å². The Labute approximate surface area is 223 Å². The second-order valence-corrected chi connectivity index (χ2v) is 16.1. The minimum Gasteiger partial charge on any atom is -0.399 e. The molecule has 0 N–H and O–H groups in total. The van der Waals surface area contributed by atoms with E-state index in [-0.39, 0.29) is 16.4 Å². The number of benzene rings is 4. The highest BCUT2D eigenvalue weighted by molar-refractivity contribution is 7.99. The lowest BCUT2D eigenvalue weighted by atomic mass is 10.00. The second-order valence-electron chi connectivity index (χ2n) is 10.4. The van der Waals surface area contributed by atoms with Gasteiger partial charge in [0, 0.05) is 0 Å². The number of hydrogen-bond donors (Lipinski definition) is 0. The molecule has 0 aliphatic rings. The summed E-state index contributed by atoms with van der Waals surface area (Å²) >= 11 is 1.98. The van der Waals surface area contributed by atoms with Crippen molar-refractivity contribution in [1.29, 1.82) is 0 Å². The van der Waals surface area contributed by atoms with Crippen LogP contribution in [0.4, 0.5) is 0 Å². The first-order valence-corrected chi connectivity index (χ1v) is 15.8. The van der Waals surface area contributed by atoms with E-state index < -0.39 is 8.32 Å². The van der Waals surface area contributed by atoms with E-state index in [0.29, 0.717) is 0 Å². The molecule has 186 valence electrons. The zero-order valence-electron chi connectivity index (χ0n) is 22.1.